The van der Waals surface area contributed by atoms with E-state index in [0.717, 1.165) is 10.9 Å². The Morgan fingerprint density at radius 2 is 1.66 bits per heavy atom. The molecule has 0 radical (unpaired) electrons. The van der Waals surface area contributed by atoms with Crippen molar-refractivity contribution < 1.29 is 34.0 Å². The van der Waals surface area contributed by atoms with E-state index in [1.54, 1.807) is 6.20 Å². The minimum absolute atomic E-state index is 0.0811. The van der Waals surface area contributed by atoms with E-state index in [0.29, 0.717) is 18.1 Å². The first-order chi connectivity index (χ1) is 16.8. The average Bonchev–Trinajstić information content (AvgIpc) is 2.81. The van der Waals surface area contributed by atoms with E-state index in [4.69, 9.17) is 18.9 Å². The lowest BCUT2D eigenvalue weighted by atomic mass is 10.0. The van der Waals surface area contributed by atoms with E-state index >= 15 is 0 Å². The zero-order valence-corrected chi connectivity index (χ0v) is 21.2. The predicted molar refractivity (Wildman–Crippen MR) is 133 cm³/mol. The van der Waals surface area contributed by atoms with E-state index in [1.165, 1.54) is 0 Å². The number of esters is 1. The summed E-state index contributed by atoms with van der Waals surface area (Å²) < 4.78 is 21.9. The summed E-state index contributed by atoms with van der Waals surface area (Å²) in [7, 11) is 0. The number of aliphatic hydroxyl groups excluding tert-OH is 2. The number of hydrogen-bond acceptors (Lipinski definition) is 9. The maximum atomic E-state index is 12.2. The van der Waals surface area contributed by atoms with Crippen molar-refractivity contribution in [2.24, 2.45) is 5.92 Å². The maximum Gasteiger partial charge on any atom is 0.323 e. The number of fused-ring (bicyclic) bond motifs is 1. The molecule has 3 atom stereocenters. The van der Waals surface area contributed by atoms with Crippen LogP contribution in [0.1, 0.15) is 34.1 Å². The molecule has 0 bridgehead atoms. The summed E-state index contributed by atoms with van der Waals surface area (Å²) in [4.78, 5) is 16.5. The van der Waals surface area contributed by atoms with Crippen LogP contribution in [0.4, 0.5) is 0 Å². The number of aliphatic hydroxyl groups is 2. The Bertz CT molecular complexity index is 872. The van der Waals surface area contributed by atoms with E-state index in [-0.39, 0.29) is 51.7 Å². The normalized spacial score (nSPS) is 14.3. The van der Waals surface area contributed by atoms with Gasteiger partial charge < -0.3 is 34.5 Å². The average molecular weight is 493 g/mol. The van der Waals surface area contributed by atoms with Gasteiger partial charge in [-0.2, -0.15) is 0 Å². The molecule has 1 aromatic heterocycles. The number of rotatable bonds is 17. The minimum Gasteiger partial charge on any atom is -0.489 e. The van der Waals surface area contributed by atoms with E-state index < -0.39 is 18.2 Å². The molecule has 1 heterocycles. The van der Waals surface area contributed by atoms with Crippen molar-refractivity contribution in [3.63, 3.8) is 0 Å². The minimum atomic E-state index is -0.799. The van der Waals surface area contributed by atoms with Gasteiger partial charge in [-0.25, -0.2) is 0 Å². The Labute approximate surface area is 207 Å². The second-order valence-corrected chi connectivity index (χ2v) is 9.18. The molecular formula is C26H40N2O7. The van der Waals surface area contributed by atoms with Crippen molar-refractivity contribution >= 4 is 16.9 Å². The first kappa shape index (κ1) is 28.9. The first-order valence-corrected chi connectivity index (χ1v) is 12.2. The highest BCUT2D eigenvalue weighted by molar-refractivity contribution is 5.84. The lowest BCUT2D eigenvalue weighted by molar-refractivity contribution is -0.150. The van der Waals surface area contributed by atoms with Gasteiger partial charge in [0.25, 0.3) is 0 Å². The van der Waals surface area contributed by atoms with Crippen LogP contribution in [0.25, 0.3) is 10.9 Å². The SMILES string of the molecule is CC(C)CC(NCC(O)COCCOCC(O)COc1cccc2cccnc12)C(=O)OC(C)C. The number of carbonyl (C=O) groups is 1. The van der Waals surface area contributed by atoms with Crippen LogP contribution in [-0.2, 0) is 19.0 Å². The molecule has 1 aromatic carbocycles. The van der Waals surface area contributed by atoms with Gasteiger partial charge in [0.05, 0.1) is 38.6 Å². The molecule has 9 nitrogen and oxygen atoms in total. The smallest absolute Gasteiger partial charge is 0.323 e. The number of aromatic nitrogens is 1. The standard InChI is InChI=1S/C26H40N2O7/c1-18(2)13-23(26(31)35-19(3)4)28-14-21(29)15-32-11-12-33-16-22(30)17-34-24-9-5-7-20-8-6-10-27-25(20)24/h5-10,18-19,21-23,28-30H,11-17H2,1-4H3. The van der Waals surface area contributed by atoms with Gasteiger partial charge in [-0.1, -0.05) is 32.0 Å². The molecule has 0 saturated carbocycles. The Morgan fingerprint density at radius 1 is 0.971 bits per heavy atom. The van der Waals surface area contributed by atoms with Crippen molar-refractivity contribution in [1.82, 2.24) is 10.3 Å². The van der Waals surface area contributed by atoms with Crippen LogP contribution in [0.5, 0.6) is 5.75 Å². The van der Waals surface area contributed by atoms with Gasteiger partial charge in [0, 0.05) is 18.1 Å². The number of nitrogens with one attached hydrogen (secondary N) is 1. The van der Waals surface area contributed by atoms with Crippen molar-refractivity contribution in [1.29, 1.82) is 0 Å². The summed E-state index contributed by atoms with van der Waals surface area (Å²) in [6.07, 6.45) is 0.562. The summed E-state index contributed by atoms with van der Waals surface area (Å²) in [6, 6.07) is 8.99. The monoisotopic (exact) mass is 492 g/mol. The van der Waals surface area contributed by atoms with Crippen LogP contribution < -0.4 is 10.1 Å². The molecule has 0 aliphatic carbocycles. The number of benzene rings is 1. The number of hydrogen-bond donors (Lipinski definition) is 3. The van der Waals surface area contributed by atoms with Crippen LogP contribution in [0.3, 0.4) is 0 Å². The number of nitrogens with zero attached hydrogens (tertiary/aromatic N) is 1. The Hall–Kier alpha value is -2.30. The second-order valence-electron chi connectivity index (χ2n) is 9.18. The van der Waals surface area contributed by atoms with Gasteiger partial charge in [-0.15, -0.1) is 0 Å². The van der Waals surface area contributed by atoms with Crippen molar-refractivity contribution in [3.8, 4) is 5.75 Å². The van der Waals surface area contributed by atoms with Crippen molar-refractivity contribution in [2.75, 3.05) is 39.6 Å². The van der Waals surface area contributed by atoms with Gasteiger partial charge in [0.15, 0.2) is 0 Å². The van der Waals surface area contributed by atoms with Crippen molar-refractivity contribution in [2.45, 2.75) is 58.5 Å². The quantitative estimate of drug-likeness (QED) is 0.226. The van der Waals surface area contributed by atoms with Crippen LogP contribution >= 0.6 is 0 Å². The molecule has 0 aliphatic heterocycles. The molecule has 35 heavy (non-hydrogen) atoms. The molecule has 0 amide bonds. The molecule has 196 valence electrons. The highest BCUT2D eigenvalue weighted by Gasteiger charge is 2.22. The fourth-order valence-electron chi connectivity index (χ4n) is 3.37. The summed E-state index contributed by atoms with van der Waals surface area (Å²) >= 11 is 0. The third kappa shape index (κ3) is 11.3. The summed E-state index contributed by atoms with van der Waals surface area (Å²) in [6.45, 7) is 8.70. The number of carbonyl (C=O) groups excluding carboxylic acids is 1. The molecule has 2 rings (SSSR count). The Kier molecular flexibility index (Phi) is 12.9. The third-order valence-corrected chi connectivity index (χ3v) is 4.96. The van der Waals surface area contributed by atoms with E-state index in [1.807, 2.05) is 58.0 Å². The topological polar surface area (TPSA) is 119 Å². The lowest BCUT2D eigenvalue weighted by Crippen LogP contribution is -2.44. The van der Waals surface area contributed by atoms with E-state index in [9.17, 15) is 15.0 Å². The zero-order chi connectivity index (χ0) is 25.6. The second kappa shape index (κ2) is 15.6. The number of ether oxygens (including phenoxy) is 4. The van der Waals surface area contributed by atoms with E-state index in [2.05, 4.69) is 10.3 Å². The first-order valence-electron chi connectivity index (χ1n) is 12.2. The van der Waals surface area contributed by atoms with Gasteiger partial charge in [-0.3, -0.25) is 9.78 Å². The van der Waals surface area contributed by atoms with Crippen LogP contribution in [0.15, 0.2) is 36.5 Å². The number of para-hydroxylation sites is 1. The maximum absolute atomic E-state index is 12.2. The number of pyridine rings is 1. The lowest BCUT2D eigenvalue weighted by Gasteiger charge is -2.22. The third-order valence-electron chi connectivity index (χ3n) is 4.96. The van der Waals surface area contributed by atoms with Gasteiger partial charge >= 0.3 is 5.97 Å². The fourth-order valence-corrected chi connectivity index (χ4v) is 3.37. The van der Waals surface area contributed by atoms with Crippen molar-refractivity contribution in [3.05, 3.63) is 36.5 Å². The summed E-state index contributed by atoms with van der Waals surface area (Å²) in [5.74, 6) is 0.609. The predicted octanol–water partition coefficient (Wildman–Crippen LogP) is 2.32. The Morgan fingerprint density at radius 3 is 2.34 bits per heavy atom. The Balaban J connectivity index is 1.58. The molecule has 2 aromatic rings. The summed E-state index contributed by atoms with van der Waals surface area (Å²) in [5.41, 5.74) is 0.747. The highest BCUT2D eigenvalue weighted by atomic mass is 16.5. The van der Waals surface area contributed by atoms with Gasteiger partial charge in [0.2, 0.25) is 0 Å². The van der Waals surface area contributed by atoms with Gasteiger partial charge in [0.1, 0.15) is 30.0 Å². The van der Waals surface area contributed by atoms with Crippen LogP contribution in [0, 0.1) is 5.92 Å². The molecule has 0 spiro atoms. The molecule has 3 unspecified atom stereocenters. The van der Waals surface area contributed by atoms with Gasteiger partial charge in [-0.05, 0) is 38.3 Å². The molecular weight excluding hydrogens is 452 g/mol. The largest absolute Gasteiger partial charge is 0.489 e. The fraction of sp³-hybridized carbons (Fsp3) is 0.615. The van der Waals surface area contributed by atoms with Crippen LogP contribution in [0.2, 0.25) is 0 Å². The highest BCUT2D eigenvalue weighted by Crippen LogP contribution is 2.22. The molecule has 3 N–H and O–H groups in total. The zero-order valence-electron chi connectivity index (χ0n) is 21.2. The van der Waals surface area contributed by atoms with Crippen LogP contribution in [-0.4, -0.2) is 85.1 Å². The summed E-state index contributed by atoms with van der Waals surface area (Å²) in [5, 5.41) is 24.3. The molecule has 0 fully saturated rings. The molecule has 9 heteroatoms. The molecule has 0 saturated heterocycles. The molecule has 0 aliphatic rings.